The van der Waals surface area contributed by atoms with Crippen LogP contribution in [-0.4, -0.2) is 25.0 Å². The van der Waals surface area contributed by atoms with Gasteiger partial charge in [-0.1, -0.05) is 18.2 Å². The van der Waals surface area contributed by atoms with E-state index in [1.54, 1.807) is 36.4 Å². The highest BCUT2D eigenvalue weighted by Gasteiger charge is 2.28. The summed E-state index contributed by atoms with van der Waals surface area (Å²) in [6, 6.07) is 13.7. The minimum atomic E-state index is -0.435. The minimum Gasteiger partial charge on any atom is -0.465 e. The van der Waals surface area contributed by atoms with Crippen LogP contribution < -0.4 is 10.1 Å². The van der Waals surface area contributed by atoms with Crippen LogP contribution in [0.15, 0.2) is 48.5 Å². The predicted molar refractivity (Wildman–Crippen MR) is 90.5 cm³/mol. The van der Waals surface area contributed by atoms with Crippen molar-refractivity contribution in [1.29, 1.82) is 0 Å². The Morgan fingerprint density at radius 2 is 1.88 bits per heavy atom. The lowest BCUT2D eigenvalue weighted by Crippen LogP contribution is -2.24. The number of benzene rings is 2. The lowest BCUT2D eigenvalue weighted by molar-refractivity contribution is -0.136. The molecule has 128 valence electrons. The maximum atomic E-state index is 12.3. The average Bonchev–Trinajstić information content (AvgIpc) is 2.61. The summed E-state index contributed by atoms with van der Waals surface area (Å²) in [6.45, 7) is 0. The van der Waals surface area contributed by atoms with Crippen molar-refractivity contribution in [3.63, 3.8) is 0 Å². The highest BCUT2D eigenvalue weighted by atomic mass is 16.5. The number of anilines is 1. The molecular formula is C19H17NO5. The Balaban J connectivity index is 1.67. The number of rotatable bonds is 4. The molecule has 0 unspecified atom stereocenters. The van der Waals surface area contributed by atoms with Gasteiger partial charge in [-0.05, 0) is 35.9 Å². The molecule has 0 saturated heterocycles. The van der Waals surface area contributed by atoms with E-state index in [1.807, 2.05) is 12.1 Å². The lowest BCUT2D eigenvalue weighted by atomic mass is 9.89. The smallest absolute Gasteiger partial charge is 0.337 e. The number of nitrogens with one attached hydrogen (secondary N) is 1. The number of fused-ring (bicyclic) bond motifs is 1. The maximum Gasteiger partial charge on any atom is 0.337 e. The molecule has 2 aromatic rings. The molecule has 1 N–H and O–H groups in total. The molecule has 0 spiro atoms. The van der Waals surface area contributed by atoms with Crippen LogP contribution in [0.3, 0.4) is 0 Å². The monoisotopic (exact) mass is 339 g/mol. The molecule has 1 amide bonds. The van der Waals surface area contributed by atoms with E-state index in [2.05, 4.69) is 10.1 Å². The zero-order valence-electron chi connectivity index (χ0n) is 13.7. The van der Waals surface area contributed by atoms with E-state index in [0.29, 0.717) is 17.0 Å². The summed E-state index contributed by atoms with van der Waals surface area (Å²) in [6.07, 6.45) is 0.344. The van der Waals surface area contributed by atoms with Crippen molar-refractivity contribution in [2.45, 2.75) is 18.8 Å². The van der Waals surface area contributed by atoms with Crippen LogP contribution in [0, 0.1) is 0 Å². The van der Waals surface area contributed by atoms with Crippen LogP contribution >= 0.6 is 0 Å². The molecular weight excluding hydrogens is 322 g/mol. The van der Waals surface area contributed by atoms with Crippen molar-refractivity contribution >= 4 is 23.5 Å². The molecule has 0 aromatic heterocycles. The molecule has 0 bridgehead atoms. The second-order valence-electron chi connectivity index (χ2n) is 5.73. The van der Waals surface area contributed by atoms with Gasteiger partial charge in [0, 0.05) is 18.0 Å². The summed E-state index contributed by atoms with van der Waals surface area (Å²) in [4.78, 5) is 35.4. The van der Waals surface area contributed by atoms with E-state index in [1.165, 1.54) is 7.11 Å². The highest BCUT2D eigenvalue weighted by Crippen LogP contribution is 2.36. The molecule has 1 aliphatic rings. The molecule has 3 rings (SSSR count). The largest absolute Gasteiger partial charge is 0.465 e. The number of carbonyl (C=O) groups excluding carboxylic acids is 3. The summed E-state index contributed by atoms with van der Waals surface area (Å²) in [5.41, 5.74) is 1.84. The second kappa shape index (κ2) is 7.17. The van der Waals surface area contributed by atoms with Crippen molar-refractivity contribution in [2.75, 3.05) is 12.4 Å². The Hall–Kier alpha value is -3.15. The van der Waals surface area contributed by atoms with Crippen LogP contribution in [-0.2, 0) is 14.3 Å². The van der Waals surface area contributed by atoms with Crippen LogP contribution in [0.25, 0.3) is 0 Å². The van der Waals surface area contributed by atoms with Crippen molar-refractivity contribution in [1.82, 2.24) is 0 Å². The van der Waals surface area contributed by atoms with Gasteiger partial charge in [0.2, 0.25) is 5.91 Å². The summed E-state index contributed by atoms with van der Waals surface area (Å²) >= 11 is 0. The van der Waals surface area contributed by atoms with E-state index in [9.17, 15) is 14.4 Å². The topological polar surface area (TPSA) is 81.7 Å². The van der Waals surface area contributed by atoms with Gasteiger partial charge in [-0.3, -0.25) is 9.59 Å². The highest BCUT2D eigenvalue weighted by molar-refractivity contribution is 5.93. The number of hydrogen-bond donors (Lipinski definition) is 1. The van der Waals surface area contributed by atoms with Gasteiger partial charge in [-0.15, -0.1) is 0 Å². The Morgan fingerprint density at radius 1 is 1.16 bits per heavy atom. The lowest BCUT2D eigenvalue weighted by Gasteiger charge is -2.23. The van der Waals surface area contributed by atoms with E-state index >= 15 is 0 Å². The molecule has 6 heteroatoms. The van der Waals surface area contributed by atoms with Crippen LogP contribution in [0.2, 0.25) is 0 Å². The third-order valence-electron chi connectivity index (χ3n) is 4.02. The third kappa shape index (κ3) is 3.85. The van der Waals surface area contributed by atoms with Gasteiger partial charge < -0.3 is 14.8 Å². The normalized spacial score (nSPS) is 15.7. The first-order valence-electron chi connectivity index (χ1n) is 7.84. The van der Waals surface area contributed by atoms with Gasteiger partial charge in [0.15, 0.2) is 0 Å². The van der Waals surface area contributed by atoms with Gasteiger partial charge in [0.1, 0.15) is 5.75 Å². The zero-order valence-corrected chi connectivity index (χ0v) is 13.7. The van der Waals surface area contributed by atoms with Crippen LogP contribution in [0.5, 0.6) is 5.75 Å². The van der Waals surface area contributed by atoms with Gasteiger partial charge in [-0.2, -0.15) is 0 Å². The van der Waals surface area contributed by atoms with Crippen molar-refractivity contribution < 1.29 is 23.9 Å². The van der Waals surface area contributed by atoms with Crippen LogP contribution in [0.4, 0.5) is 5.69 Å². The first-order valence-corrected chi connectivity index (χ1v) is 7.84. The average molecular weight is 339 g/mol. The number of esters is 2. The zero-order chi connectivity index (χ0) is 17.8. The number of methoxy groups -OCH3 is 1. The number of para-hydroxylation sites is 1. The van der Waals surface area contributed by atoms with Crippen LogP contribution in [0.1, 0.15) is 34.7 Å². The second-order valence-corrected chi connectivity index (χ2v) is 5.73. The Morgan fingerprint density at radius 3 is 2.60 bits per heavy atom. The fraction of sp³-hybridized carbons (Fsp3) is 0.211. The molecule has 25 heavy (non-hydrogen) atoms. The van der Waals surface area contributed by atoms with Crippen molar-refractivity contribution in [2.24, 2.45) is 0 Å². The molecule has 0 radical (unpaired) electrons. The SMILES string of the molecule is COC(=O)c1ccc(NC(=O)C[C@H]2CC(=O)Oc3ccccc32)cc1. The quantitative estimate of drug-likeness (QED) is 0.684. The van der Waals surface area contributed by atoms with E-state index in [-0.39, 0.29) is 30.6 Å². The number of ether oxygens (including phenoxy) is 2. The molecule has 2 aromatic carbocycles. The first-order chi connectivity index (χ1) is 12.1. The van der Waals surface area contributed by atoms with E-state index < -0.39 is 5.97 Å². The number of amides is 1. The van der Waals surface area contributed by atoms with E-state index in [0.717, 1.165) is 5.56 Å². The fourth-order valence-electron chi connectivity index (χ4n) is 2.81. The fourth-order valence-corrected chi connectivity index (χ4v) is 2.81. The van der Waals surface area contributed by atoms with Gasteiger partial charge in [-0.25, -0.2) is 4.79 Å². The molecule has 0 fully saturated rings. The molecule has 6 nitrogen and oxygen atoms in total. The standard InChI is InChI=1S/C19H17NO5/c1-24-19(23)12-6-8-14(9-7-12)20-17(21)10-13-11-18(22)25-16-5-3-2-4-15(13)16/h2-9,13H,10-11H2,1H3,(H,20,21)/t13-/m0/s1. The molecule has 1 atom stereocenters. The third-order valence-corrected chi connectivity index (χ3v) is 4.02. The molecule has 0 saturated carbocycles. The summed E-state index contributed by atoms with van der Waals surface area (Å²) in [5.74, 6) is -0.680. The Kier molecular flexibility index (Phi) is 4.79. The summed E-state index contributed by atoms with van der Waals surface area (Å²) in [7, 11) is 1.31. The molecule has 1 aliphatic heterocycles. The Labute approximate surface area is 144 Å². The predicted octanol–water partition coefficient (Wildman–Crippen LogP) is 2.89. The molecule has 0 aliphatic carbocycles. The number of carbonyl (C=O) groups is 3. The van der Waals surface area contributed by atoms with Crippen molar-refractivity contribution in [3.05, 3.63) is 59.7 Å². The number of hydrogen-bond acceptors (Lipinski definition) is 5. The van der Waals surface area contributed by atoms with Crippen molar-refractivity contribution in [3.8, 4) is 5.75 Å². The van der Waals surface area contributed by atoms with Gasteiger partial charge >= 0.3 is 11.9 Å². The van der Waals surface area contributed by atoms with E-state index in [4.69, 9.17) is 4.74 Å². The first kappa shape index (κ1) is 16.7. The van der Waals surface area contributed by atoms with Gasteiger partial charge in [0.25, 0.3) is 0 Å². The minimum absolute atomic E-state index is 0.171. The summed E-state index contributed by atoms with van der Waals surface area (Å²) < 4.78 is 9.82. The van der Waals surface area contributed by atoms with Gasteiger partial charge in [0.05, 0.1) is 19.1 Å². The molecule has 1 heterocycles. The summed E-state index contributed by atoms with van der Waals surface area (Å²) in [5, 5.41) is 2.78. The maximum absolute atomic E-state index is 12.3. The Bertz CT molecular complexity index is 813.